The average molecular weight is 216 g/mol. The molecule has 92 valence electrons. The molecule has 15 heavy (non-hydrogen) atoms. The van der Waals surface area contributed by atoms with E-state index in [1.54, 1.807) is 0 Å². The lowest BCUT2D eigenvalue weighted by Crippen LogP contribution is -2.27. The van der Waals surface area contributed by atoms with Crippen LogP contribution in [-0.4, -0.2) is 22.4 Å². The SMILES string of the molecule is CCC(C)C(O)CC(C)C(O)CC(C)C. The van der Waals surface area contributed by atoms with Gasteiger partial charge in [-0.3, -0.25) is 0 Å². The summed E-state index contributed by atoms with van der Waals surface area (Å²) in [5.74, 6) is 1.04. The van der Waals surface area contributed by atoms with Gasteiger partial charge < -0.3 is 10.2 Å². The molecule has 0 aromatic heterocycles. The van der Waals surface area contributed by atoms with Gasteiger partial charge in [-0.25, -0.2) is 0 Å². The van der Waals surface area contributed by atoms with Crippen LogP contribution in [0.15, 0.2) is 0 Å². The molecule has 0 amide bonds. The van der Waals surface area contributed by atoms with Crippen molar-refractivity contribution < 1.29 is 10.2 Å². The van der Waals surface area contributed by atoms with Gasteiger partial charge in [-0.15, -0.1) is 0 Å². The van der Waals surface area contributed by atoms with Gasteiger partial charge in [0.1, 0.15) is 0 Å². The summed E-state index contributed by atoms with van der Waals surface area (Å²) >= 11 is 0. The minimum absolute atomic E-state index is 0.191. The lowest BCUT2D eigenvalue weighted by molar-refractivity contribution is 0.0359. The van der Waals surface area contributed by atoms with Crippen LogP contribution in [0, 0.1) is 17.8 Å². The fourth-order valence-corrected chi connectivity index (χ4v) is 1.76. The molecule has 0 bridgehead atoms. The smallest absolute Gasteiger partial charge is 0.0569 e. The summed E-state index contributed by atoms with van der Waals surface area (Å²) in [5.41, 5.74) is 0. The number of hydrogen-bond acceptors (Lipinski definition) is 2. The maximum Gasteiger partial charge on any atom is 0.0569 e. The van der Waals surface area contributed by atoms with E-state index >= 15 is 0 Å². The fraction of sp³-hybridized carbons (Fsp3) is 1.00. The highest BCUT2D eigenvalue weighted by molar-refractivity contribution is 4.72. The number of aliphatic hydroxyl groups excluding tert-OH is 2. The Balaban J connectivity index is 3.95. The largest absolute Gasteiger partial charge is 0.393 e. The maximum absolute atomic E-state index is 9.88. The summed E-state index contributed by atoms with van der Waals surface area (Å²) in [6, 6.07) is 0. The van der Waals surface area contributed by atoms with Gasteiger partial charge in [-0.2, -0.15) is 0 Å². The molecular formula is C13H28O2. The summed E-state index contributed by atoms with van der Waals surface area (Å²) in [7, 11) is 0. The predicted molar refractivity (Wildman–Crippen MR) is 64.7 cm³/mol. The molecule has 4 unspecified atom stereocenters. The minimum atomic E-state index is -0.274. The van der Waals surface area contributed by atoms with Crippen molar-refractivity contribution in [3.63, 3.8) is 0 Å². The molecule has 4 atom stereocenters. The fourth-order valence-electron chi connectivity index (χ4n) is 1.76. The van der Waals surface area contributed by atoms with E-state index in [9.17, 15) is 10.2 Å². The third-order valence-corrected chi connectivity index (χ3v) is 3.28. The molecule has 2 heteroatoms. The van der Waals surface area contributed by atoms with E-state index in [1.165, 1.54) is 0 Å². The highest BCUT2D eigenvalue weighted by Crippen LogP contribution is 2.21. The molecular weight excluding hydrogens is 188 g/mol. The van der Waals surface area contributed by atoms with E-state index in [-0.39, 0.29) is 18.1 Å². The van der Waals surface area contributed by atoms with Crippen molar-refractivity contribution in [1.82, 2.24) is 0 Å². The third kappa shape index (κ3) is 6.16. The Bertz CT molecular complexity index is 157. The Hall–Kier alpha value is -0.0800. The van der Waals surface area contributed by atoms with Crippen molar-refractivity contribution in [2.75, 3.05) is 0 Å². The van der Waals surface area contributed by atoms with Crippen LogP contribution in [0.4, 0.5) is 0 Å². The van der Waals surface area contributed by atoms with Gasteiger partial charge in [-0.05, 0) is 30.6 Å². The second kappa shape index (κ2) is 7.24. The lowest BCUT2D eigenvalue weighted by Gasteiger charge is -2.25. The van der Waals surface area contributed by atoms with Crippen LogP contribution in [0.3, 0.4) is 0 Å². The topological polar surface area (TPSA) is 40.5 Å². The van der Waals surface area contributed by atoms with E-state index in [0.29, 0.717) is 18.3 Å². The zero-order chi connectivity index (χ0) is 12.0. The normalized spacial score (nSPS) is 20.0. The highest BCUT2D eigenvalue weighted by atomic mass is 16.3. The molecule has 0 saturated carbocycles. The van der Waals surface area contributed by atoms with E-state index in [4.69, 9.17) is 0 Å². The van der Waals surface area contributed by atoms with Gasteiger partial charge in [-0.1, -0.05) is 41.0 Å². The quantitative estimate of drug-likeness (QED) is 0.687. The van der Waals surface area contributed by atoms with Gasteiger partial charge in [0, 0.05) is 0 Å². The van der Waals surface area contributed by atoms with Gasteiger partial charge in [0.2, 0.25) is 0 Å². The minimum Gasteiger partial charge on any atom is -0.393 e. The van der Waals surface area contributed by atoms with E-state index in [1.807, 2.05) is 6.92 Å². The number of hydrogen-bond donors (Lipinski definition) is 2. The third-order valence-electron chi connectivity index (χ3n) is 3.28. The van der Waals surface area contributed by atoms with Crippen LogP contribution in [0.25, 0.3) is 0 Å². The van der Waals surface area contributed by atoms with Crippen molar-refractivity contribution in [2.45, 2.75) is 66.1 Å². The summed E-state index contributed by atoms with van der Waals surface area (Å²) in [6.07, 6.45) is 1.99. The van der Waals surface area contributed by atoms with Gasteiger partial charge in [0.05, 0.1) is 12.2 Å². The average Bonchev–Trinajstić information content (AvgIpc) is 2.15. The molecule has 0 radical (unpaired) electrons. The standard InChI is InChI=1S/C13H28O2/c1-6-10(4)13(15)8-11(5)12(14)7-9(2)3/h9-15H,6-8H2,1-5H3. The molecule has 0 aromatic rings. The van der Waals surface area contributed by atoms with Gasteiger partial charge in [0.25, 0.3) is 0 Å². The second-order valence-electron chi connectivity index (χ2n) is 5.36. The van der Waals surface area contributed by atoms with Crippen molar-refractivity contribution in [3.8, 4) is 0 Å². The number of aliphatic hydroxyl groups is 2. The van der Waals surface area contributed by atoms with Crippen molar-refractivity contribution in [2.24, 2.45) is 17.8 Å². The molecule has 0 saturated heterocycles. The maximum atomic E-state index is 9.88. The molecule has 0 heterocycles. The van der Waals surface area contributed by atoms with E-state index < -0.39 is 0 Å². The van der Waals surface area contributed by atoms with Crippen LogP contribution in [0.5, 0.6) is 0 Å². The molecule has 2 N–H and O–H groups in total. The molecule has 0 fully saturated rings. The van der Waals surface area contributed by atoms with Gasteiger partial charge >= 0.3 is 0 Å². The molecule has 0 aliphatic carbocycles. The molecule has 0 aromatic carbocycles. The predicted octanol–water partition coefficient (Wildman–Crippen LogP) is 2.83. The van der Waals surface area contributed by atoms with E-state index in [2.05, 4.69) is 27.7 Å². The van der Waals surface area contributed by atoms with E-state index in [0.717, 1.165) is 12.8 Å². The molecule has 2 nitrogen and oxygen atoms in total. The lowest BCUT2D eigenvalue weighted by atomic mass is 9.87. The van der Waals surface area contributed by atoms with Crippen molar-refractivity contribution >= 4 is 0 Å². The first-order valence-electron chi connectivity index (χ1n) is 6.24. The summed E-state index contributed by atoms with van der Waals surface area (Å²) in [5, 5.41) is 19.7. The molecule has 0 aliphatic heterocycles. The summed E-state index contributed by atoms with van der Waals surface area (Å²) in [6.45, 7) is 10.4. The second-order valence-corrected chi connectivity index (χ2v) is 5.36. The first-order chi connectivity index (χ1) is 6.88. The van der Waals surface area contributed by atoms with Crippen LogP contribution < -0.4 is 0 Å². The Kier molecular flexibility index (Phi) is 7.20. The molecule has 0 rings (SSSR count). The van der Waals surface area contributed by atoms with Crippen LogP contribution >= 0.6 is 0 Å². The van der Waals surface area contributed by atoms with Crippen LogP contribution in [0.1, 0.15) is 53.9 Å². The van der Waals surface area contributed by atoms with Crippen molar-refractivity contribution in [3.05, 3.63) is 0 Å². The van der Waals surface area contributed by atoms with Crippen LogP contribution in [0.2, 0.25) is 0 Å². The Morgan fingerprint density at radius 2 is 1.27 bits per heavy atom. The molecule has 0 aliphatic rings. The Morgan fingerprint density at radius 1 is 0.800 bits per heavy atom. The first kappa shape index (κ1) is 14.9. The van der Waals surface area contributed by atoms with Crippen LogP contribution in [-0.2, 0) is 0 Å². The summed E-state index contributed by atoms with van der Waals surface area (Å²) in [4.78, 5) is 0. The Morgan fingerprint density at radius 3 is 1.67 bits per heavy atom. The summed E-state index contributed by atoms with van der Waals surface area (Å²) < 4.78 is 0. The zero-order valence-corrected chi connectivity index (χ0v) is 10.9. The molecule has 0 spiro atoms. The van der Waals surface area contributed by atoms with Crippen molar-refractivity contribution in [1.29, 1.82) is 0 Å². The first-order valence-corrected chi connectivity index (χ1v) is 6.24. The zero-order valence-electron chi connectivity index (χ0n) is 10.9. The monoisotopic (exact) mass is 216 g/mol. The highest BCUT2D eigenvalue weighted by Gasteiger charge is 2.21. The van der Waals surface area contributed by atoms with Gasteiger partial charge in [0.15, 0.2) is 0 Å². The number of rotatable bonds is 7. The Labute approximate surface area is 94.7 Å².